The lowest BCUT2D eigenvalue weighted by atomic mass is 9.90. The number of carbonyl (C=O) groups is 1. The summed E-state index contributed by atoms with van der Waals surface area (Å²) in [5.74, 6) is -0.958. The third-order valence-electron chi connectivity index (χ3n) is 4.94. The molecular weight excluding hydrogens is 296 g/mol. The molecular formula is C18H28O5. The van der Waals surface area contributed by atoms with E-state index in [9.17, 15) is 9.90 Å². The molecule has 1 saturated carbocycles. The van der Waals surface area contributed by atoms with E-state index in [1.807, 2.05) is 6.92 Å². The lowest BCUT2D eigenvalue weighted by Crippen LogP contribution is -2.31. The second-order valence-corrected chi connectivity index (χ2v) is 6.51. The first-order chi connectivity index (χ1) is 11.0. The molecule has 5 nitrogen and oxygen atoms in total. The van der Waals surface area contributed by atoms with Crippen LogP contribution in [-0.2, 0) is 19.0 Å². The summed E-state index contributed by atoms with van der Waals surface area (Å²) >= 11 is 0. The number of esters is 1. The average molecular weight is 324 g/mol. The van der Waals surface area contributed by atoms with Gasteiger partial charge in [0, 0.05) is 33.1 Å². The number of cyclic esters (lactones) is 1. The normalized spacial score (nSPS) is 34.9. The van der Waals surface area contributed by atoms with Crippen molar-refractivity contribution in [1.82, 2.24) is 0 Å². The molecule has 1 aliphatic carbocycles. The van der Waals surface area contributed by atoms with Gasteiger partial charge < -0.3 is 19.3 Å². The molecule has 0 radical (unpaired) electrons. The smallest absolute Gasteiger partial charge is 0.330 e. The molecule has 1 aliphatic heterocycles. The van der Waals surface area contributed by atoms with Crippen molar-refractivity contribution >= 4 is 5.97 Å². The highest BCUT2D eigenvalue weighted by molar-refractivity contribution is 5.82. The van der Waals surface area contributed by atoms with Crippen LogP contribution in [-0.4, -0.2) is 43.3 Å². The fraction of sp³-hybridized carbons (Fsp3) is 0.722. The molecule has 23 heavy (non-hydrogen) atoms. The molecule has 0 saturated heterocycles. The Morgan fingerprint density at radius 1 is 1.26 bits per heavy atom. The molecule has 1 heterocycles. The van der Waals surface area contributed by atoms with Gasteiger partial charge in [-0.3, -0.25) is 0 Å². The van der Waals surface area contributed by atoms with Gasteiger partial charge in [-0.2, -0.15) is 0 Å². The van der Waals surface area contributed by atoms with Gasteiger partial charge >= 0.3 is 5.97 Å². The van der Waals surface area contributed by atoms with E-state index in [1.165, 1.54) is 12.2 Å². The van der Waals surface area contributed by atoms with Crippen LogP contribution in [0.3, 0.4) is 0 Å². The summed E-state index contributed by atoms with van der Waals surface area (Å²) in [4.78, 5) is 11.8. The highest BCUT2D eigenvalue weighted by atomic mass is 16.7. The van der Waals surface area contributed by atoms with E-state index >= 15 is 0 Å². The summed E-state index contributed by atoms with van der Waals surface area (Å²) in [6.45, 7) is 1.89. The zero-order valence-corrected chi connectivity index (χ0v) is 14.2. The van der Waals surface area contributed by atoms with Crippen LogP contribution < -0.4 is 0 Å². The molecule has 0 aromatic heterocycles. The molecule has 0 aromatic carbocycles. The van der Waals surface area contributed by atoms with Crippen LogP contribution >= 0.6 is 0 Å². The number of aliphatic hydroxyl groups is 1. The minimum atomic E-state index is -0.736. The maximum Gasteiger partial charge on any atom is 0.330 e. The van der Waals surface area contributed by atoms with Crippen molar-refractivity contribution in [1.29, 1.82) is 0 Å². The summed E-state index contributed by atoms with van der Waals surface area (Å²) in [5, 5.41) is 10.5. The molecule has 4 unspecified atom stereocenters. The standard InChI is InChI=1S/C18H28O5/c1-13-7-5-4-6-8-14-11-18(21-2,22-3)12-15(14)16(19)9-10-17(20)23-13/h6,8-10,13-16,19H,4-5,7,11-12H2,1-3H3. The number of aliphatic hydroxyl groups excluding tert-OH is 1. The van der Waals surface area contributed by atoms with Gasteiger partial charge in [-0.1, -0.05) is 12.2 Å². The Balaban J connectivity index is 2.19. The van der Waals surface area contributed by atoms with Crippen molar-refractivity contribution < 1.29 is 24.1 Å². The predicted molar refractivity (Wildman–Crippen MR) is 86.7 cm³/mol. The Hall–Kier alpha value is -1.17. The van der Waals surface area contributed by atoms with Crippen LogP contribution in [0, 0.1) is 11.8 Å². The number of hydrogen-bond donors (Lipinski definition) is 1. The van der Waals surface area contributed by atoms with Crippen LogP contribution in [0.2, 0.25) is 0 Å². The third kappa shape index (κ3) is 4.66. The number of fused-ring (bicyclic) bond motifs is 1. The van der Waals surface area contributed by atoms with Crippen LogP contribution in [0.1, 0.15) is 39.0 Å². The van der Waals surface area contributed by atoms with Gasteiger partial charge in [0.1, 0.15) is 0 Å². The monoisotopic (exact) mass is 324 g/mol. The Labute approximate surface area is 138 Å². The second kappa shape index (κ2) is 8.08. The predicted octanol–water partition coefficient (Wildman–Crippen LogP) is 2.59. The van der Waals surface area contributed by atoms with Gasteiger partial charge in [-0.05, 0) is 44.1 Å². The van der Waals surface area contributed by atoms with E-state index in [0.717, 1.165) is 19.3 Å². The van der Waals surface area contributed by atoms with Gasteiger partial charge in [0.2, 0.25) is 0 Å². The minimum absolute atomic E-state index is 0.0478. The van der Waals surface area contributed by atoms with Crippen molar-refractivity contribution in [3.63, 3.8) is 0 Å². The van der Waals surface area contributed by atoms with Crippen molar-refractivity contribution in [3.05, 3.63) is 24.3 Å². The zero-order valence-electron chi connectivity index (χ0n) is 14.2. The Morgan fingerprint density at radius 3 is 2.70 bits per heavy atom. The first-order valence-electron chi connectivity index (χ1n) is 8.33. The maximum atomic E-state index is 11.8. The number of methoxy groups -OCH3 is 2. The molecule has 1 fully saturated rings. The summed E-state index contributed by atoms with van der Waals surface area (Å²) in [7, 11) is 3.26. The Bertz CT molecular complexity index is 452. The number of allylic oxidation sites excluding steroid dienone is 2. The first-order valence-corrected chi connectivity index (χ1v) is 8.33. The largest absolute Gasteiger partial charge is 0.460 e. The van der Waals surface area contributed by atoms with Crippen molar-refractivity contribution in [2.45, 2.75) is 57.0 Å². The Morgan fingerprint density at radius 2 is 2.00 bits per heavy atom. The highest BCUT2D eigenvalue weighted by Gasteiger charge is 2.47. The van der Waals surface area contributed by atoms with E-state index in [1.54, 1.807) is 14.2 Å². The van der Waals surface area contributed by atoms with Crippen LogP contribution in [0.25, 0.3) is 0 Å². The quantitative estimate of drug-likeness (QED) is 0.480. The number of carbonyl (C=O) groups excluding carboxylic acids is 1. The van der Waals surface area contributed by atoms with Gasteiger partial charge in [0.15, 0.2) is 5.79 Å². The van der Waals surface area contributed by atoms with E-state index in [0.29, 0.717) is 12.8 Å². The number of hydrogen-bond acceptors (Lipinski definition) is 5. The molecule has 0 aromatic rings. The summed E-state index contributed by atoms with van der Waals surface area (Å²) < 4.78 is 16.4. The molecule has 0 amide bonds. The van der Waals surface area contributed by atoms with Crippen LogP contribution in [0.5, 0.6) is 0 Å². The van der Waals surface area contributed by atoms with Crippen LogP contribution in [0.4, 0.5) is 0 Å². The third-order valence-corrected chi connectivity index (χ3v) is 4.94. The fourth-order valence-electron chi connectivity index (χ4n) is 3.52. The van der Waals surface area contributed by atoms with Crippen LogP contribution in [0.15, 0.2) is 24.3 Å². The molecule has 2 aliphatic rings. The molecule has 4 atom stereocenters. The molecule has 5 heteroatoms. The van der Waals surface area contributed by atoms with E-state index < -0.39 is 17.9 Å². The topological polar surface area (TPSA) is 65.0 Å². The molecule has 0 bridgehead atoms. The molecule has 2 rings (SSSR count). The minimum Gasteiger partial charge on any atom is -0.460 e. The van der Waals surface area contributed by atoms with Gasteiger partial charge in [-0.15, -0.1) is 0 Å². The average Bonchev–Trinajstić information content (AvgIpc) is 2.91. The number of rotatable bonds is 2. The fourth-order valence-corrected chi connectivity index (χ4v) is 3.52. The summed E-state index contributed by atoms with van der Waals surface area (Å²) in [6, 6.07) is 0. The number of ether oxygens (including phenoxy) is 3. The lowest BCUT2D eigenvalue weighted by molar-refractivity contribution is -0.204. The second-order valence-electron chi connectivity index (χ2n) is 6.51. The zero-order chi connectivity index (χ0) is 16.9. The lowest BCUT2D eigenvalue weighted by Gasteiger charge is -2.26. The first kappa shape index (κ1) is 18.2. The van der Waals surface area contributed by atoms with E-state index in [2.05, 4.69) is 12.2 Å². The molecule has 0 spiro atoms. The SMILES string of the molecule is COC1(OC)CC2C=CCCCC(C)OC(=O)C=CC(O)C2C1. The molecule has 130 valence electrons. The van der Waals surface area contributed by atoms with Gasteiger partial charge in [-0.25, -0.2) is 4.79 Å². The van der Waals surface area contributed by atoms with Gasteiger partial charge in [0.25, 0.3) is 0 Å². The van der Waals surface area contributed by atoms with Gasteiger partial charge in [0.05, 0.1) is 12.2 Å². The summed E-state index contributed by atoms with van der Waals surface area (Å²) in [6.07, 6.45) is 10.4. The molecule has 1 N–H and O–H groups in total. The Kier molecular flexibility index (Phi) is 6.39. The maximum absolute atomic E-state index is 11.8. The van der Waals surface area contributed by atoms with Crippen molar-refractivity contribution in [2.75, 3.05) is 14.2 Å². The highest BCUT2D eigenvalue weighted by Crippen LogP contribution is 2.44. The van der Waals surface area contributed by atoms with Crippen molar-refractivity contribution in [2.24, 2.45) is 11.8 Å². The van der Waals surface area contributed by atoms with Crippen molar-refractivity contribution in [3.8, 4) is 0 Å². The summed E-state index contributed by atoms with van der Waals surface area (Å²) in [5.41, 5.74) is 0. The van der Waals surface area contributed by atoms with E-state index in [-0.39, 0.29) is 17.9 Å². The van der Waals surface area contributed by atoms with E-state index in [4.69, 9.17) is 14.2 Å².